The number of rotatable bonds is 7. The first-order valence-corrected chi connectivity index (χ1v) is 7.29. The van der Waals surface area contributed by atoms with E-state index < -0.39 is 79.7 Å². The van der Waals surface area contributed by atoms with Crippen molar-refractivity contribution in [2.75, 3.05) is 13.2 Å². The number of aliphatic hydroxyl groups excluding tert-OH is 8. The molecule has 0 aromatic carbocycles. The Kier molecular flexibility index (Phi) is 7.04. The van der Waals surface area contributed by atoms with Crippen LogP contribution in [0.2, 0.25) is 0 Å². The lowest BCUT2D eigenvalue weighted by Gasteiger charge is -2.47. The van der Waals surface area contributed by atoms with E-state index in [2.05, 4.69) is 0 Å². The zero-order chi connectivity index (χ0) is 18.8. The predicted molar refractivity (Wildman–Crippen MR) is 74.4 cm³/mol. The standard InChI is InChI=1S/C13H24O11/c14-2-4-1-5(8(18)10(20)7(4)17)13(24,12(22)23)11(21)9(19)6(16)3-15/h4-11,14-21,24H,1-3H2,(H,22,23)/t4-,5?,6-,7+,8+,9-,10+,11+,13?/m1/s1. The average molecular weight is 356 g/mol. The van der Waals surface area contributed by atoms with Crippen LogP contribution in [-0.4, -0.2) is 112 Å². The van der Waals surface area contributed by atoms with E-state index in [1.807, 2.05) is 0 Å². The van der Waals surface area contributed by atoms with Crippen molar-refractivity contribution in [2.24, 2.45) is 11.8 Å². The number of carboxylic acid groups (broad SMARTS) is 1. The van der Waals surface area contributed by atoms with Crippen LogP contribution in [0.4, 0.5) is 0 Å². The van der Waals surface area contributed by atoms with Crippen LogP contribution in [0.15, 0.2) is 0 Å². The Balaban J connectivity index is 3.24. The minimum atomic E-state index is -3.23. The molecule has 1 aliphatic rings. The molecule has 1 fully saturated rings. The van der Waals surface area contributed by atoms with Gasteiger partial charge in [0.1, 0.15) is 24.4 Å². The fourth-order valence-electron chi connectivity index (χ4n) is 3.03. The van der Waals surface area contributed by atoms with Gasteiger partial charge in [0.25, 0.3) is 0 Å². The largest absolute Gasteiger partial charge is 0.479 e. The molecule has 1 saturated carbocycles. The number of aliphatic carboxylic acids is 1. The highest BCUT2D eigenvalue weighted by atomic mass is 16.4. The Morgan fingerprint density at radius 3 is 2.00 bits per heavy atom. The summed E-state index contributed by atoms with van der Waals surface area (Å²) in [6, 6.07) is 0. The van der Waals surface area contributed by atoms with Crippen LogP contribution < -0.4 is 0 Å². The van der Waals surface area contributed by atoms with Crippen LogP contribution in [0.3, 0.4) is 0 Å². The number of hydrogen-bond acceptors (Lipinski definition) is 10. The van der Waals surface area contributed by atoms with Gasteiger partial charge in [0.2, 0.25) is 0 Å². The molecule has 0 heterocycles. The van der Waals surface area contributed by atoms with Crippen LogP contribution in [-0.2, 0) is 4.79 Å². The quantitative estimate of drug-likeness (QED) is 0.207. The van der Waals surface area contributed by atoms with E-state index in [-0.39, 0.29) is 0 Å². The third-order valence-electron chi connectivity index (χ3n) is 4.65. The van der Waals surface area contributed by atoms with Crippen LogP contribution in [0.5, 0.6) is 0 Å². The lowest BCUT2D eigenvalue weighted by molar-refractivity contribution is -0.237. The molecule has 0 aliphatic heterocycles. The average Bonchev–Trinajstić information content (AvgIpc) is 2.56. The molecule has 11 heteroatoms. The molecule has 1 rings (SSSR count). The van der Waals surface area contributed by atoms with Crippen molar-refractivity contribution in [3.8, 4) is 0 Å². The highest BCUT2D eigenvalue weighted by Gasteiger charge is 2.60. The van der Waals surface area contributed by atoms with Crippen LogP contribution in [0.1, 0.15) is 6.42 Å². The maximum absolute atomic E-state index is 11.5. The molecule has 0 amide bonds. The van der Waals surface area contributed by atoms with Gasteiger partial charge < -0.3 is 51.1 Å². The van der Waals surface area contributed by atoms with Crippen LogP contribution >= 0.6 is 0 Å². The SMILES string of the molecule is O=C(O)C(O)(C1C[C@H](CO)[C@H](O)[C@H](O)[C@H]1O)[C@@H](O)[C@H](O)[C@H](O)CO. The molecule has 0 saturated heterocycles. The third-order valence-corrected chi connectivity index (χ3v) is 4.65. The Bertz CT molecular complexity index is 430. The smallest absolute Gasteiger partial charge is 0.338 e. The Morgan fingerprint density at radius 2 is 1.58 bits per heavy atom. The van der Waals surface area contributed by atoms with E-state index in [4.69, 9.17) is 5.11 Å². The van der Waals surface area contributed by atoms with Gasteiger partial charge in [-0.15, -0.1) is 0 Å². The molecule has 10 N–H and O–H groups in total. The second-order valence-corrected chi connectivity index (χ2v) is 6.07. The van der Waals surface area contributed by atoms with E-state index in [0.29, 0.717) is 0 Å². The van der Waals surface area contributed by atoms with Crippen molar-refractivity contribution in [3.05, 3.63) is 0 Å². The van der Waals surface area contributed by atoms with Crippen LogP contribution in [0, 0.1) is 11.8 Å². The van der Waals surface area contributed by atoms with Crippen molar-refractivity contribution in [1.82, 2.24) is 0 Å². The van der Waals surface area contributed by atoms with Gasteiger partial charge in [-0.25, -0.2) is 4.79 Å². The lowest BCUT2D eigenvalue weighted by Crippen LogP contribution is -2.68. The normalized spacial score (nSPS) is 37.3. The maximum atomic E-state index is 11.5. The second kappa shape index (κ2) is 7.99. The zero-order valence-corrected chi connectivity index (χ0v) is 12.6. The first kappa shape index (κ1) is 21.2. The monoisotopic (exact) mass is 356 g/mol. The first-order chi connectivity index (χ1) is 11.0. The summed E-state index contributed by atoms with van der Waals surface area (Å²) in [5.74, 6) is -4.96. The molecule has 0 radical (unpaired) electrons. The van der Waals surface area contributed by atoms with Gasteiger partial charge in [-0.3, -0.25) is 0 Å². The maximum Gasteiger partial charge on any atom is 0.338 e. The molecule has 142 valence electrons. The number of carbonyl (C=O) groups is 1. The van der Waals surface area contributed by atoms with Gasteiger partial charge in [0.05, 0.1) is 18.8 Å². The Morgan fingerprint density at radius 1 is 1.04 bits per heavy atom. The van der Waals surface area contributed by atoms with Gasteiger partial charge in [0, 0.05) is 18.4 Å². The molecule has 0 aromatic heterocycles. The van der Waals surface area contributed by atoms with Gasteiger partial charge in [-0.2, -0.15) is 0 Å². The molecule has 0 aromatic rings. The summed E-state index contributed by atoms with van der Waals surface area (Å²) in [5, 5.41) is 96.3. The Labute approximate surface area is 136 Å². The minimum Gasteiger partial charge on any atom is -0.479 e. The van der Waals surface area contributed by atoms with Crippen molar-refractivity contribution in [1.29, 1.82) is 0 Å². The molecule has 9 atom stereocenters. The van der Waals surface area contributed by atoms with Gasteiger partial charge in [-0.05, 0) is 6.42 Å². The topological polar surface area (TPSA) is 219 Å². The molecule has 11 nitrogen and oxygen atoms in total. The van der Waals surface area contributed by atoms with Crippen LogP contribution in [0.25, 0.3) is 0 Å². The molecule has 2 unspecified atom stereocenters. The van der Waals surface area contributed by atoms with E-state index >= 15 is 0 Å². The molecular formula is C13H24O11. The highest BCUT2D eigenvalue weighted by Crippen LogP contribution is 2.39. The van der Waals surface area contributed by atoms with Crippen molar-refractivity contribution < 1.29 is 55.9 Å². The molecule has 24 heavy (non-hydrogen) atoms. The van der Waals surface area contributed by atoms with Crippen molar-refractivity contribution in [2.45, 2.75) is 48.6 Å². The summed E-state index contributed by atoms with van der Waals surface area (Å²) >= 11 is 0. The predicted octanol–water partition coefficient (Wildman–Crippen LogP) is -5.41. The second-order valence-electron chi connectivity index (χ2n) is 6.07. The summed E-state index contributed by atoms with van der Waals surface area (Å²) in [5.41, 5.74) is -3.23. The van der Waals surface area contributed by atoms with E-state index in [1.165, 1.54) is 0 Å². The van der Waals surface area contributed by atoms with E-state index in [1.54, 1.807) is 0 Å². The van der Waals surface area contributed by atoms with E-state index in [9.17, 15) is 50.8 Å². The first-order valence-electron chi connectivity index (χ1n) is 7.29. The lowest BCUT2D eigenvalue weighted by atomic mass is 9.66. The molecule has 0 spiro atoms. The van der Waals surface area contributed by atoms with Crippen molar-refractivity contribution >= 4 is 5.97 Å². The fraction of sp³-hybridized carbons (Fsp3) is 0.923. The van der Waals surface area contributed by atoms with Gasteiger partial charge in [-0.1, -0.05) is 0 Å². The summed E-state index contributed by atoms with van der Waals surface area (Å²) < 4.78 is 0. The number of aliphatic hydroxyl groups is 9. The minimum absolute atomic E-state index is 0.502. The van der Waals surface area contributed by atoms with Gasteiger partial charge in [0.15, 0.2) is 5.60 Å². The molecule has 1 aliphatic carbocycles. The van der Waals surface area contributed by atoms with E-state index in [0.717, 1.165) is 0 Å². The molecule has 0 bridgehead atoms. The summed E-state index contributed by atoms with van der Waals surface area (Å²) in [6.07, 6.45) is -12.8. The third kappa shape index (κ3) is 3.54. The highest BCUT2D eigenvalue weighted by molar-refractivity contribution is 5.79. The van der Waals surface area contributed by atoms with Gasteiger partial charge >= 0.3 is 5.97 Å². The number of carboxylic acids is 1. The fourth-order valence-corrected chi connectivity index (χ4v) is 3.03. The summed E-state index contributed by atoms with van der Waals surface area (Å²) in [6.45, 7) is -1.74. The summed E-state index contributed by atoms with van der Waals surface area (Å²) in [4.78, 5) is 11.5. The number of hydrogen-bond donors (Lipinski definition) is 10. The van der Waals surface area contributed by atoms with Crippen molar-refractivity contribution in [3.63, 3.8) is 0 Å². The Hall–Kier alpha value is -0.890. The summed E-state index contributed by atoms with van der Waals surface area (Å²) in [7, 11) is 0. The zero-order valence-electron chi connectivity index (χ0n) is 12.6. The molecular weight excluding hydrogens is 332 g/mol.